The Morgan fingerprint density at radius 3 is 2.57 bits per heavy atom. The van der Waals surface area contributed by atoms with Crippen molar-refractivity contribution in [2.75, 3.05) is 6.54 Å². The minimum Gasteiger partial charge on any atom is -0.444 e. The van der Waals surface area contributed by atoms with E-state index in [0.717, 1.165) is 12.8 Å². The van der Waals surface area contributed by atoms with Crippen LogP contribution in [0.2, 0.25) is 0 Å². The normalized spacial score (nSPS) is 18.9. The predicted molar refractivity (Wildman–Crippen MR) is 53.0 cm³/mol. The van der Waals surface area contributed by atoms with E-state index >= 15 is 0 Å². The second-order valence-electron chi connectivity index (χ2n) is 4.79. The predicted octanol–water partition coefficient (Wildman–Crippen LogP) is 1.28. The van der Waals surface area contributed by atoms with E-state index in [9.17, 15) is 9.90 Å². The molecule has 4 nitrogen and oxygen atoms in total. The van der Waals surface area contributed by atoms with Crippen LogP contribution in [0.15, 0.2) is 0 Å². The van der Waals surface area contributed by atoms with Crippen LogP contribution in [0, 0.1) is 5.92 Å². The Hall–Kier alpha value is -0.770. The summed E-state index contributed by atoms with van der Waals surface area (Å²) >= 11 is 0. The van der Waals surface area contributed by atoms with Gasteiger partial charge in [0.1, 0.15) is 5.60 Å². The lowest BCUT2D eigenvalue weighted by molar-refractivity contribution is 0.0482. The minimum absolute atomic E-state index is 0.291. The Balaban J connectivity index is 2.14. The molecule has 0 saturated heterocycles. The molecule has 0 aliphatic heterocycles. The Morgan fingerprint density at radius 2 is 2.14 bits per heavy atom. The molecule has 0 aromatic carbocycles. The van der Waals surface area contributed by atoms with Crippen LogP contribution in [0.25, 0.3) is 0 Å². The number of carbonyl (C=O) groups excluding carboxylic acids is 1. The molecule has 0 spiro atoms. The van der Waals surface area contributed by atoms with Crippen molar-refractivity contribution in [3.05, 3.63) is 0 Å². The fraction of sp³-hybridized carbons (Fsp3) is 0.900. The van der Waals surface area contributed by atoms with Gasteiger partial charge in [-0.1, -0.05) is 0 Å². The standard InChI is InChI=1S/C10H19NO3/c1-10(2,3)14-9(13)11-6-8(12)7-4-5-7/h7-8,12H,4-6H2,1-3H3,(H,11,13)/t8-/m1/s1. The van der Waals surface area contributed by atoms with Crippen LogP contribution in [0.1, 0.15) is 33.6 Å². The molecular formula is C10H19NO3. The molecule has 2 N–H and O–H groups in total. The van der Waals surface area contributed by atoms with Crippen molar-refractivity contribution in [2.45, 2.75) is 45.3 Å². The van der Waals surface area contributed by atoms with Crippen LogP contribution in [0.5, 0.6) is 0 Å². The number of amides is 1. The molecular weight excluding hydrogens is 182 g/mol. The maximum Gasteiger partial charge on any atom is 0.407 e. The van der Waals surface area contributed by atoms with Gasteiger partial charge in [-0.15, -0.1) is 0 Å². The van der Waals surface area contributed by atoms with Crippen molar-refractivity contribution >= 4 is 6.09 Å². The van der Waals surface area contributed by atoms with Gasteiger partial charge in [0.25, 0.3) is 0 Å². The van der Waals surface area contributed by atoms with E-state index < -0.39 is 17.8 Å². The summed E-state index contributed by atoms with van der Waals surface area (Å²) in [4.78, 5) is 11.2. The van der Waals surface area contributed by atoms with E-state index in [1.165, 1.54) is 0 Å². The first-order valence-corrected chi connectivity index (χ1v) is 5.03. The van der Waals surface area contributed by atoms with Gasteiger partial charge in [-0.3, -0.25) is 0 Å². The zero-order chi connectivity index (χ0) is 10.8. The van der Waals surface area contributed by atoms with Gasteiger partial charge >= 0.3 is 6.09 Å². The lowest BCUT2D eigenvalue weighted by Gasteiger charge is -2.20. The molecule has 0 radical (unpaired) electrons. The van der Waals surface area contributed by atoms with E-state index in [-0.39, 0.29) is 0 Å². The molecule has 1 rings (SSSR count). The largest absolute Gasteiger partial charge is 0.444 e. The average Bonchev–Trinajstić information content (AvgIpc) is 2.78. The zero-order valence-electron chi connectivity index (χ0n) is 9.04. The third-order valence-electron chi connectivity index (χ3n) is 2.02. The van der Waals surface area contributed by atoms with Crippen molar-refractivity contribution in [1.82, 2.24) is 5.32 Å². The number of ether oxygens (including phenoxy) is 1. The highest BCUT2D eigenvalue weighted by atomic mass is 16.6. The van der Waals surface area contributed by atoms with Gasteiger partial charge in [0.15, 0.2) is 0 Å². The summed E-state index contributed by atoms with van der Waals surface area (Å²) in [5, 5.41) is 12.0. The Morgan fingerprint density at radius 1 is 1.57 bits per heavy atom. The smallest absolute Gasteiger partial charge is 0.407 e. The second-order valence-corrected chi connectivity index (χ2v) is 4.79. The summed E-state index contributed by atoms with van der Waals surface area (Å²) in [7, 11) is 0. The van der Waals surface area contributed by atoms with Gasteiger partial charge in [-0.2, -0.15) is 0 Å². The molecule has 0 aromatic heterocycles. The lowest BCUT2D eigenvalue weighted by Crippen LogP contribution is -2.37. The highest BCUT2D eigenvalue weighted by molar-refractivity contribution is 5.67. The first-order valence-electron chi connectivity index (χ1n) is 5.03. The Bertz CT molecular complexity index is 206. The van der Waals surface area contributed by atoms with Gasteiger partial charge in [0.05, 0.1) is 6.10 Å². The van der Waals surface area contributed by atoms with E-state index in [2.05, 4.69) is 5.32 Å². The van der Waals surface area contributed by atoms with Crippen LogP contribution in [0.4, 0.5) is 4.79 Å². The Labute approximate surface area is 84.6 Å². The number of aliphatic hydroxyl groups is 1. The van der Waals surface area contributed by atoms with Crippen molar-refractivity contribution in [3.8, 4) is 0 Å². The van der Waals surface area contributed by atoms with E-state index in [4.69, 9.17) is 4.74 Å². The number of aliphatic hydroxyl groups excluding tert-OH is 1. The summed E-state index contributed by atoms with van der Waals surface area (Å²) in [6.07, 6.45) is 1.26. The van der Waals surface area contributed by atoms with E-state index in [1.54, 1.807) is 0 Å². The Kier molecular flexibility index (Phi) is 3.37. The SMILES string of the molecule is CC(C)(C)OC(=O)NC[C@@H](O)C1CC1. The van der Waals surface area contributed by atoms with Gasteiger partial charge in [0.2, 0.25) is 0 Å². The van der Waals surface area contributed by atoms with Crippen LogP contribution < -0.4 is 5.32 Å². The first kappa shape index (κ1) is 11.3. The van der Waals surface area contributed by atoms with Crippen molar-refractivity contribution in [2.24, 2.45) is 5.92 Å². The molecule has 1 amide bonds. The van der Waals surface area contributed by atoms with E-state index in [1.807, 2.05) is 20.8 Å². The number of hydrogen-bond acceptors (Lipinski definition) is 3. The molecule has 1 atom stereocenters. The summed E-state index contributed by atoms with van der Waals surface area (Å²) in [6.45, 7) is 5.72. The molecule has 1 fully saturated rings. The number of hydrogen-bond donors (Lipinski definition) is 2. The number of nitrogens with one attached hydrogen (secondary N) is 1. The molecule has 1 saturated carbocycles. The maximum atomic E-state index is 11.2. The van der Waals surface area contributed by atoms with Gasteiger partial charge in [-0.25, -0.2) is 4.79 Å². The van der Waals surface area contributed by atoms with Crippen LogP contribution >= 0.6 is 0 Å². The van der Waals surface area contributed by atoms with Crippen LogP contribution in [0.3, 0.4) is 0 Å². The van der Waals surface area contributed by atoms with Crippen LogP contribution in [-0.4, -0.2) is 29.4 Å². The number of rotatable bonds is 3. The molecule has 0 heterocycles. The highest BCUT2D eigenvalue weighted by Crippen LogP contribution is 2.32. The maximum absolute atomic E-state index is 11.2. The first-order chi connectivity index (χ1) is 6.38. The zero-order valence-corrected chi connectivity index (χ0v) is 9.04. The lowest BCUT2D eigenvalue weighted by atomic mass is 10.2. The van der Waals surface area contributed by atoms with Crippen molar-refractivity contribution in [1.29, 1.82) is 0 Å². The fourth-order valence-corrected chi connectivity index (χ4v) is 1.15. The minimum atomic E-state index is -0.478. The quantitative estimate of drug-likeness (QED) is 0.723. The molecule has 14 heavy (non-hydrogen) atoms. The van der Waals surface area contributed by atoms with Gasteiger partial charge in [0, 0.05) is 6.54 Å². The third kappa shape index (κ3) is 4.46. The van der Waals surface area contributed by atoms with Crippen LogP contribution in [-0.2, 0) is 4.74 Å². The molecule has 0 aromatic rings. The topological polar surface area (TPSA) is 58.6 Å². The van der Waals surface area contributed by atoms with Gasteiger partial charge < -0.3 is 15.2 Å². The summed E-state index contributed by atoms with van der Waals surface area (Å²) < 4.78 is 5.03. The monoisotopic (exact) mass is 201 g/mol. The number of alkyl carbamates (subject to hydrolysis) is 1. The number of carbonyl (C=O) groups is 1. The molecule has 1 aliphatic rings. The van der Waals surface area contributed by atoms with Gasteiger partial charge in [-0.05, 0) is 39.5 Å². The highest BCUT2D eigenvalue weighted by Gasteiger charge is 2.30. The average molecular weight is 201 g/mol. The second kappa shape index (κ2) is 4.17. The third-order valence-corrected chi connectivity index (χ3v) is 2.02. The summed E-state index contributed by atoms with van der Waals surface area (Å²) in [5.74, 6) is 0.380. The molecule has 0 unspecified atom stereocenters. The molecule has 0 bridgehead atoms. The molecule has 82 valence electrons. The molecule has 1 aliphatic carbocycles. The van der Waals surface area contributed by atoms with Crippen molar-refractivity contribution < 1.29 is 14.6 Å². The molecule has 4 heteroatoms. The summed E-state index contributed by atoms with van der Waals surface area (Å²) in [6, 6.07) is 0. The fourth-order valence-electron chi connectivity index (χ4n) is 1.15. The van der Waals surface area contributed by atoms with Crippen molar-refractivity contribution in [3.63, 3.8) is 0 Å². The van der Waals surface area contributed by atoms with E-state index in [0.29, 0.717) is 12.5 Å². The summed E-state index contributed by atoms with van der Waals surface area (Å²) in [5.41, 5.74) is -0.478.